The van der Waals surface area contributed by atoms with Crippen molar-refractivity contribution in [3.8, 4) is 39.1 Å². The fourth-order valence-corrected chi connectivity index (χ4v) is 13.3. The Labute approximate surface area is 575 Å². The Kier molecular flexibility index (Phi) is 26.2. The summed E-state index contributed by atoms with van der Waals surface area (Å²) >= 11 is 0. The minimum absolute atomic E-state index is 0.0849. The molecule has 98 heavy (non-hydrogen) atoms. The lowest BCUT2D eigenvalue weighted by Gasteiger charge is -2.25. The first-order chi connectivity index (χ1) is 47.4. The summed E-state index contributed by atoms with van der Waals surface area (Å²) in [6.07, 6.45) is 15.9. The van der Waals surface area contributed by atoms with Crippen molar-refractivity contribution in [2.24, 2.45) is 0 Å². The first-order valence-electron chi connectivity index (χ1n) is 33.7. The molecule has 506 valence electrons. The third kappa shape index (κ3) is 20.4. The second-order valence-electron chi connectivity index (χ2n) is 24.4. The Morgan fingerprint density at radius 2 is 0.786 bits per heavy atom. The van der Waals surface area contributed by atoms with Crippen LogP contribution in [0.4, 0.5) is 13.2 Å². The average Bonchev–Trinajstić information content (AvgIpc) is 0.818. The maximum absolute atomic E-state index is 12.4. The minimum atomic E-state index is -5.69. The van der Waals surface area contributed by atoms with Crippen LogP contribution in [0.5, 0.6) is 5.75 Å². The number of rotatable bonds is 19. The molecule has 0 saturated heterocycles. The Bertz CT molecular complexity index is 4260. The smallest absolute Gasteiger partial charge is 0.466 e. The van der Waals surface area contributed by atoms with E-state index >= 15 is 0 Å². The summed E-state index contributed by atoms with van der Waals surface area (Å²) in [6.45, 7) is 14.7. The molecule has 0 amide bonds. The van der Waals surface area contributed by atoms with Crippen molar-refractivity contribution in [3.05, 3.63) is 293 Å². The molecule has 0 radical (unpaired) electrons. The Balaban J connectivity index is 0.000000158. The predicted molar refractivity (Wildman–Crippen MR) is 389 cm³/mol. The monoisotopic (exact) mass is 1340 g/mol. The molecule has 0 spiro atoms. The van der Waals surface area contributed by atoms with Crippen molar-refractivity contribution in [2.75, 3.05) is 19.8 Å². The lowest BCUT2D eigenvalue weighted by atomic mass is 9.79. The second kappa shape index (κ2) is 35.4. The maximum Gasteiger partial charge on any atom is 0.534 e. The van der Waals surface area contributed by atoms with Gasteiger partial charge in [0.1, 0.15) is 5.75 Å². The summed E-state index contributed by atoms with van der Waals surface area (Å²) < 4.78 is 78.6. The molecule has 9 aromatic carbocycles. The largest absolute Gasteiger partial charge is 0.534 e. The maximum atomic E-state index is 12.4. The van der Waals surface area contributed by atoms with E-state index in [1.807, 2.05) is 38.1 Å². The van der Waals surface area contributed by atoms with Gasteiger partial charge in [0.25, 0.3) is 0 Å². The summed E-state index contributed by atoms with van der Waals surface area (Å²) in [5.74, 6) is -0.448. The van der Waals surface area contributed by atoms with Gasteiger partial charge in [0.2, 0.25) is 0 Å². The number of carbonyl (C=O) groups is 3. The molecule has 9 aromatic rings. The zero-order valence-electron chi connectivity index (χ0n) is 56.0. The fraction of sp³-hybridized carbons (Fsp3) is 0.259. The van der Waals surface area contributed by atoms with Crippen LogP contribution in [0.3, 0.4) is 0 Å². The molecule has 0 N–H and O–H groups in total. The van der Waals surface area contributed by atoms with Crippen molar-refractivity contribution < 1.29 is 54.4 Å². The summed E-state index contributed by atoms with van der Waals surface area (Å²) in [6, 6.07) is 74.1. The number of benzene rings is 9. The Hall–Kier alpha value is -9.85. The molecule has 13 heteroatoms. The summed E-state index contributed by atoms with van der Waals surface area (Å²) in [4.78, 5) is 35.5. The molecule has 0 aromatic heterocycles. The summed E-state index contributed by atoms with van der Waals surface area (Å²) in [7, 11) is -5.69. The molecular weight excluding hydrogens is 1250 g/mol. The molecule has 9 nitrogen and oxygen atoms in total. The molecule has 0 saturated carbocycles. The lowest BCUT2D eigenvalue weighted by molar-refractivity contribution is -0.144. The van der Waals surface area contributed by atoms with Gasteiger partial charge in [-0.15, -0.1) is 0 Å². The van der Waals surface area contributed by atoms with Crippen molar-refractivity contribution in [1.82, 2.24) is 0 Å². The molecular formula is C85H85F3O9S. The van der Waals surface area contributed by atoms with Crippen LogP contribution in [0.15, 0.2) is 232 Å². The van der Waals surface area contributed by atoms with Gasteiger partial charge in [-0.1, -0.05) is 238 Å². The number of esters is 3. The fourth-order valence-electron chi connectivity index (χ4n) is 12.9. The average molecular weight is 1340 g/mol. The number of hydrogen-bond donors (Lipinski definition) is 0. The van der Waals surface area contributed by atoms with E-state index in [0.717, 1.165) is 79.2 Å². The summed E-state index contributed by atoms with van der Waals surface area (Å²) in [5.41, 5.74) is 15.6. The zero-order valence-corrected chi connectivity index (χ0v) is 56.8. The molecule has 3 atom stereocenters. The molecule has 3 aliphatic rings. The van der Waals surface area contributed by atoms with Gasteiger partial charge in [0.05, 0.1) is 39.1 Å². The number of ether oxygens (including phenoxy) is 3. The molecule has 0 fully saturated rings. The van der Waals surface area contributed by atoms with Crippen LogP contribution >= 0.6 is 0 Å². The van der Waals surface area contributed by atoms with E-state index in [4.69, 9.17) is 14.2 Å². The minimum Gasteiger partial charge on any atom is -0.466 e. The third-order valence-corrected chi connectivity index (χ3v) is 18.8. The van der Waals surface area contributed by atoms with Crippen LogP contribution < -0.4 is 4.18 Å². The quantitative estimate of drug-likeness (QED) is 0.0256. The molecule has 3 aliphatic carbocycles. The summed E-state index contributed by atoms with van der Waals surface area (Å²) in [5, 5.41) is 0. The van der Waals surface area contributed by atoms with Gasteiger partial charge in [0.15, 0.2) is 0 Å². The van der Waals surface area contributed by atoms with E-state index in [-0.39, 0.29) is 54.4 Å². The van der Waals surface area contributed by atoms with E-state index in [2.05, 4.69) is 211 Å². The predicted octanol–water partition coefficient (Wildman–Crippen LogP) is 21.0. The molecule has 0 aliphatic heterocycles. The van der Waals surface area contributed by atoms with Crippen molar-refractivity contribution >= 4 is 51.8 Å². The van der Waals surface area contributed by atoms with Crippen LogP contribution in [0, 0.1) is 0 Å². The van der Waals surface area contributed by atoms with Gasteiger partial charge in [-0.2, -0.15) is 21.6 Å². The second-order valence-corrected chi connectivity index (χ2v) is 26.0. The number of halogens is 3. The zero-order chi connectivity index (χ0) is 69.4. The Morgan fingerprint density at radius 3 is 1.20 bits per heavy atom. The number of fused-ring (bicyclic) bond motifs is 3. The van der Waals surface area contributed by atoms with Gasteiger partial charge in [-0.05, 0) is 209 Å². The van der Waals surface area contributed by atoms with Gasteiger partial charge in [-0.25, -0.2) is 0 Å². The topological polar surface area (TPSA) is 122 Å². The normalized spacial score (nSPS) is 15.3. The van der Waals surface area contributed by atoms with Crippen LogP contribution in [0.2, 0.25) is 0 Å². The van der Waals surface area contributed by atoms with Gasteiger partial charge >= 0.3 is 33.5 Å². The van der Waals surface area contributed by atoms with Gasteiger partial charge in [-0.3, -0.25) is 14.4 Å². The number of aryl methyl sites for hydroxylation is 3. The van der Waals surface area contributed by atoms with Crippen molar-refractivity contribution in [1.29, 1.82) is 0 Å². The number of carbonyl (C=O) groups excluding carboxylic acids is 3. The lowest BCUT2D eigenvalue weighted by Crippen LogP contribution is -2.28. The number of hydrogen-bond acceptors (Lipinski definition) is 9. The molecule has 0 bridgehead atoms. The third-order valence-electron chi connectivity index (χ3n) is 17.8. The van der Waals surface area contributed by atoms with Gasteiger partial charge in [0, 0.05) is 0 Å². The van der Waals surface area contributed by atoms with E-state index in [1.165, 1.54) is 85.0 Å². The highest BCUT2D eigenvalue weighted by Crippen LogP contribution is 2.40. The highest BCUT2D eigenvalue weighted by molar-refractivity contribution is 7.88. The standard InChI is InChI=1S/2C28H28O2.C15H17F3O5S.C14H12/c1-3-30-28(29)19-26-11-7-10-25-18-24(16-17-27(25)26)20(2)21-12-14-23(15-13-21)22-8-5-4-6-9-22;1-2-30-28(29)20-26-10-6-9-25-19-22(15-18-27(25)26)12-11-21-13-16-24(17-14-21)23-7-4-3-5-8-23;1-2-22-14(19)9-11-5-3-4-10-8-12(6-7-13(10)11)23-24(20,21)15(16,17)18;1-2-12-8-10-14(11-9-12)13-6-4-3-5-7-13/h4-6,8-9,12-18,26H,2-3,7,10-11,19H2,1H3;3-5,7-8,11-19,26H,2,6,9-10,20H2,1H3;6-8,11H,2-5,9H2,1H3;2-11H,1H2/b;12-11+;;. The first kappa shape index (κ1) is 72.4. The van der Waals surface area contributed by atoms with E-state index in [0.29, 0.717) is 38.0 Å². The van der Waals surface area contributed by atoms with Crippen LogP contribution in [-0.4, -0.2) is 51.7 Å². The highest BCUT2D eigenvalue weighted by Gasteiger charge is 2.48. The van der Waals surface area contributed by atoms with Gasteiger partial charge < -0.3 is 18.4 Å². The Morgan fingerprint density at radius 1 is 0.439 bits per heavy atom. The van der Waals surface area contributed by atoms with Crippen LogP contribution in [0.25, 0.3) is 57.2 Å². The van der Waals surface area contributed by atoms with E-state index in [1.54, 1.807) is 6.92 Å². The molecule has 3 unspecified atom stereocenters. The SMILES string of the molecule is C=C(c1ccc(-c2ccccc2)cc1)c1ccc2c(c1)CCCC2CC(=O)OCC.C=Cc1ccc(-c2ccccc2)cc1.CCOC(=O)CC1CCCc2cc(/C=C/c3ccc(-c4ccccc4)cc3)ccc21.CCOC(=O)CC1CCCc2cc(OS(=O)(=O)C(F)(F)F)ccc21. The first-order valence-corrected chi connectivity index (χ1v) is 35.2. The van der Waals surface area contributed by atoms with Crippen molar-refractivity contribution in [3.63, 3.8) is 0 Å². The highest BCUT2D eigenvalue weighted by atomic mass is 32.2. The van der Waals surface area contributed by atoms with Crippen LogP contribution in [-0.2, 0) is 58.0 Å². The van der Waals surface area contributed by atoms with Crippen LogP contribution in [0.1, 0.15) is 158 Å². The van der Waals surface area contributed by atoms with E-state index < -0.39 is 15.6 Å². The van der Waals surface area contributed by atoms with E-state index in [9.17, 15) is 36.0 Å². The molecule has 12 rings (SSSR count). The number of alkyl halides is 3. The molecule has 0 heterocycles. The van der Waals surface area contributed by atoms with Crippen molar-refractivity contribution in [2.45, 2.75) is 121 Å².